The topological polar surface area (TPSA) is 104 Å². The summed E-state index contributed by atoms with van der Waals surface area (Å²) in [5.41, 5.74) is 0. The number of hydrogen-bond acceptors (Lipinski definition) is 4. The fraction of sp³-hybridized carbons (Fsp3) is 0.682. The average molecular weight is 394 g/mol. The standard InChI is InChI=1S/C18H35N2.C4BN4/c1-3-4-5-6-7-8-9-10-11-12-13-14-15-20-17-16-19(2)18-20;6-1-5(2-7,3-8)4-9/h16-18H,3-15H2,1-2H3;/q+1;-1. The van der Waals surface area contributed by atoms with Crippen molar-refractivity contribution in [2.45, 2.75) is 90.5 Å². The van der Waals surface area contributed by atoms with Crippen molar-refractivity contribution in [2.75, 3.05) is 0 Å². The van der Waals surface area contributed by atoms with Crippen molar-refractivity contribution in [3.8, 4) is 23.9 Å². The van der Waals surface area contributed by atoms with Crippen LogP contribution >= 0.6 is 0 Å². The lowest BCUT2D eigenvalue weighted by molar-refractivity contribution is -0.671. The molecule has 6 nitrogen and oxygen atoms in total. The summed E-state index contributed by atoms with van der Waals surface area (Å²) >= 11 is 0. The van der Waals surface area contributed by atoms with Crippen LogP contribution in [0.25, 0.3) is 0 Å². The van der Waals surface area contributed by atoms with Crippen molar-refractivity contribution in [1.29, 1.82) is 21.0 Å². The molecule has 1 aromatic rings. The summed E-state index contributed by atoms with van der Waals surface area (Å²) in [6.45, 7) is 3.47. The van der Waals surface area contributed by atoms with Crippen LogP contribution in [0.2, 0.25) is 0 Å². The number of imidazole rings is 1. The molecule has 0 aliphatic carbocycles. The van der Waals surface area contributed by atoms with Gasteiger partial charge in [0, 0.05) is 0 Å². The van der Waals surface area contributed by atoms with E-state index in [4.69, 9.17) is 21.0 Å². The molecule has 7 heteroatoms. The first-order valence-corrected chi connectivity index (χ1v) is 10.9. The van der Waals surface area contributed by atoms with Gasteiger partial charge in [0.1, 0.15) is 12.4 Å². The van der Waals surface area contributed by atoms with Gasteiger partial charge in [0.2, 0.25) is 6.33 Å². The van der Waals surface area contributed by atoms with Crippen LogP contribution in [0.3, 0.4) is 0 Å². The van der Waals surface area contributed by atoms with Crippen LogP contribution in [0, 0.1) is 44.9 Å². The quantitative estimate of drug-likeness (QED) is 0.275. The second-order valence-corrected chi connectivity index (χ2v) is 7.59. The zero-order valence-corrected chi connectivity index (χ0v) is 18.2. The zero-order valence-electron chi connectivity index (χ0n) is 18.2. The van der Waals surface area contributed by atoms with E-state index in [-0.39, 0.29) is 0 Å². The lowest BCUT2D eigenvalue weighted by Crippen LogP contribution is -2.26. The Hall–Kier alpha value is -2.77. The van der Waals surface area contributed by atoms with Crippen molar-refractivity contribution in [3.63, 3.8) is 0 Å². The molecule has 0 N–H and O–H groups in total. The van der Waals surface area contributed by atoms with Crippen LogP contribution in [0.1, 0.15) is 84.0 Å². The zero-order chi connectivity index (χ0) is 21.8. The first-order valence-electron chi connectivity index (χ1n) is 10.9. The van der Waals surface area contributed by atoms with Gasteiger partial charge in [0.25, 0.3) is 0 Å². The molecule has 0 atom stereocenters. The normalized spacial score (nSPS) is 10.0. The Labute approximate surface area is 176 Å². The minimum absolute atomic E-state index is 1.18. The lowest BCUT2D eigenvalue weighted by Gasteiger charge is -2.02. The maximum atomic E-state index is 8.09. The van der Waals surface area contributed by atoms with Gasteiger partial charge in [0.15, 0.2) is 0 Å². The highest BCUT2D eigenvalue weighted by molar-refractivity contribution is 7.05. The van der Waals surface area contributed by atoms with E-state index in [9.17, 15) is 0 Å². The van der Waals surface area contributed by atoms with E-state index in [0.29, 0.717) is 0 Å². The molecule has 1 aromatic heterocycles. The Morgan fingerprint density at radius 3 is 1.45 bits per heavy atom. The fourth-order valence-corrected chi connectivity index (χ4v) is 2.94. The van der Waals surface area contributed by atoms with Gasteiger partial charge < -0.3 is 0 Å². The number of aryl methyl sites for hydroxylation is 2. The van der Waals surface area contributed by atoms with Gasteiger partial charge in [-0.05, 0) is 12.8 Å². The Kier molecular flexibility index (Phi) is 15.7. The molecule has 0 aliphatic rings. The highest BCUT2D eigenvalue weighted by atomic mass is 15.1. The second-order valence-electron chi connectivity index (χ2n) is 7.59. The summed E-state index contributed by atoms with van der Waals surface area (Å²) < 4.78 is 4.40. The molecule has 1 heterocycles. The number of aromatic nitrogens is 2. The maximum absolute atomic E-state index is 8.09. The van der Waals surface area contributed by atoms with Gasteiger partial charge in [0.05, 0.1) is 13.6 Å². The summed E-state index contributed by atoms with van der Waals surface area (Å²) in [7, 11) is 2.08. The van der Waals surface area contributed by atoms with E-state index in [1.54, 1.807) is 0 Å². The SMILES string of the molecule is CCCCCCCCCCCCCCn1cc[n+](C)c1.N#C[B-](C#N)(C#N)C#N. The first kappa shape index (κ1) is 26.2. The largest absolute Gasteiger partial charge is 0.383 e. The van der Waals surface area contributed by atoms with Crippen molar-refractivity contribution >= 4 is 6.15 Å². The summed E-state index contributed by atoms with van der Waals surface area (Å²) in [6, 6.07) is 0. The molecule has 0 bridgehead atoms. The number of hydrogen-bond donors (Lipinski definition) is 0. The van der Waals surface area contributed by atoms with Crippen molar-refractivity contribution in [2.24, 2.45) is 7.05 Å². The van der Waals surface area contributed by atoms with E-state index in [1.165, 1.54) is 107 Å². The molecule has 1 rings (SSSR count). The van der Waals surface area contributed by atoms with E-state index in [2.05, 4.69) is 41.8 Å². The van der Waals surface area contributed by atoms with Gasteiger partial charge in [-0.2, -0.15) is 0 Å². The van der Waals surface area contributed by atoms with Crippen molar-refractivity contribution < 1.29 is 4.57 Å². The maximum Gasteiger partial charge on any atom is 0.383 e. The third-order valence-corrected chi connectivity index (χ3v) is 4.87. The lowest BCUT2D eigenvalue weighted by atomic mass is 9.30. The van der Waals surface area contributed by atoms with E-state index in [1.807, 2.05) is 0 Å². The average Bonchev–Trinajstić information content (AvgIpc) is 3.16. The monoisotopic (exact) mass is 394 g/mol. The van der Waals surface area contributed by atoms with E-state index in [0.717, 1.165) is 0 Å². The smallest absolute Gasteiger partial charge is 0.245 e. The molecule has 0 spiro atoms. The van der Waals surface area contributed by atoms with Crippen LogP contribution < -0.4 is 4.57 Å². The van der Waals surface area contributed by atoms with Crippen LogP contribution in [0.15, 0.2) is 18.7 Å². The summed E-state index contributed by atoms with van der Waals surface area (Å²) in [6.07, 6.45) is 20.8. The Balaban J connectivity index is 0.000000734. The van der Waals surface area contributed by atoms with E-state index < -0.39 is 6.15 Å². The number of nitrogens with zero attached hydrogens (tertiary/aromatic N) is 6. The molecule has 0 saturated carbocycles. The van der Waals surface area contributed by atoms with E-state index >= 15 is 0 Å². The summed E-state index contributed by atoms with van der Waals surface area (Å²) in [5, 5.41) is 32.3. The van der Waals surface area contributed by atoms with Crippen molar-refractivity contribution in [1.82, 2.24) is 4.57 Å². The van der Waals surface area contributed by atoms with Gasteiger partial charge in [-0.15, -0.1) is 23.9 Å². The fourth-order valence-electron chi connectivity index (χ4n) is 2.94. The molecule has 0 aliphatic heterocycles. The minimum Gasteiger partial charge on any atom is -0.245 e. The molecular weight excluding hydrogens is 359 g/mol. The molecular formula is C22H35BN6. The molecule has 156 valence electrons. The Morgan fingerprint density at radius 2 is 1.14 bits per heavy atom. The minimum atomic E-state index is -2.72. The highest BCUT2D eigenvalue weighted by Crippen LogP contribution is 2.12. The van der Waals surface area contributed by atoms with Crippen LogP contribution in [-0.4, -0.2) is 10.7 Å². The molecule has 0 amide bonds. The van der Waals surface area contributed by atoms with Gasteiger partial charge in [-0.1, -0.05) is 71.1 Å². The number of nitriles is 4. The van der Waals surface area contributed by atoms with Crippen LogP contribution in [0.5, 0.6) is 0 Å². The molecule has 0 unspecified atom stereocenters. The second kappa shape index (κ2) is 17.3. The molecule has 0 fully saturated rings. The first-order chi connectivity index (χ1) is 14.1. The molecule has 0 radical (unpaired) electrons. The number of unbranched alkanes of at least 4 members (excludes halogenated alkanes) is 11. The Bertz CT molecular complexity index is 652. The predicted molar refractivity (Wildman–Crippen MR) is 115 cm³/mol. The Morgan fingerprint density at radius 1 is 0.724 bits per heavy atom. The van der Waals surface area contributed by atoms with Gasteiger partial charge >= 0.3 is 6.15 Å². The predicted octanol–water partition coefficient (Wildman–Crippen LogP) is 4.70. The third kappa shape index (κ3) is 13.1. The molecule has 29 heavy (non-hydrogen) atoms. The highest BCUT2D eigenvalue weighted by Gasteiger charge is 2.22. The van der Waals surface area contributed by atoms with Gasteiger partial charge in [-0.3, -0.25) is 0 Å². The van der Waals surface area contributed by atoms with Gasteiger partial charge in [-0.25, -0.2) is 30.2 Å². The third-order valence-electron chi connectivity index (χ3n) is 4.87. The summed E-state index contributed by atoms with van der Waals surface area (Å²) in [5.74, 6) is 5.38. The summed E-state index contributed by atoms with van der Waals surface area (Å²) in [4.78, 5) is 0. The molecule has 0 saturated heterocycles. The van der Waals surface area contributed by atoms with Crippen LogP contribution in [-0.2, 0) is 13.6 Å². The number of rotatable bonds is 13. The van der Waals surface area contributed by atoms with Crippen molar-refractivity contribution in [3.05, 3.63) is 18.7 Å². The van der Waals surface area contributed by atoms with Crippen LogP contribution in [0.4, 0.5) is 0 Å². The molecule has 0 aromatic carbocycles.